The largest absolute Gasteiger partial charge is 0.345 e. The number of hydrogen-bond donors (Lipinski definition) is 1. The van der Waals surface area contributed by atoms with Gasteiger partial charge < -0.3 is 15.0 Å². The molecule has 6 heteroatoms. The molecule has 0 atom stereocenters. The fraction of sp³-hybridized carbons (Fsp3) is 0.409. The van der Waals surface area contributed by atoms with Crippen molar-refractivity contribution in [2.24, 2.45) is 5.92 Å². The lowest BCUT2D eigenvalue weighted by Crippen LogP contribution is -2.28. The highest BCUT2D eigenvalue weighted by Gasteiger charge is 2.39. The molecule has 4 nitrogen and oxygen atoms in total. The first-order valence-corrected chi connectivity index (χ1v) is 10.8. The number of fused-ring (bicyclic) bond motifs is 1. The average molecular weight is 417 g/mol. The van der Waals surface area contributed by atoms with E-state index in [1.54, 1.807) is 6.08 Å². The van der Waals surface area contributed by atoms with Gasteiger partial charge in [-0.3, -0.25) is 4.79 Å². The van der Waals surface area contributed by atoms with Crippen molar-refractivity contribution in [3.8, 4) is 0 Å². The van der Waals surface area contributed by atoms with E-state index in [0.29, 0.717) is 17.1 Å². The van der Waals surface area contributed by atoms with Gasteiger partial charge >= 0.3 is 0 Å². The van der Waals surface area contributed by atoms with Gasteiger partial charge in [0.25, 0.3) is 5.91 Å². The summed E-state index contributed by atoms with van der Waals surface area (Å²) in [5.41, 5.74) is 3.49. The fourth-order valence-corrected chi connectivity index (χ4v) is 4.11. The van der Waals surface area contributed by atoms with E-state index in [0.717, 1.165) is 18.7 Å². The third-order valence-corrected chi connectivity index (χ3v) is 5.83. The fourth-order valence-electron chi connectivity index (χ4n) is 3.37. The first-order chi connectivity index (χ1) is 13.3. The maximum absolute atomic E-state index is 12.3. The molecule has 2 rings (SSSR count). The number of benzene rings is 1. The lowest BCUT2D eigenvalue weighted by atomic mass is 9.84. The van der Waals surface area contributed by atoms with Gasteiger partial charge in [0.2, 0.25) is 0 Å². The monoisotopic (exact) mass is 416 g/mol. The van der Waals surface area contributed by atoms with Crippen LogP contribution in [-0.2, 0) is 15.0 Å². The van der Waals surface area contributed by atoms with E-state index < -0.39 is 0 Å². The van der Waals surface area contributed by atoms with Crippen LogP contribution < -0.4 is 10.2 Å². The number of carbonyl (C=O) groups excluding carboxylic acids is 2. The van der Waals surface area contributed by atoms with Crippen LogP contribution in [0.2, 0.25) is 0 Å². The summed E-state index contributed by atoms with van der Waals surface area (Å²) in [6, 6.07) is 8.47. The van der Waals surface area contributed by atoms with Crippen molar-refractivity contribution >= 4 is 46.6 Å². The number of allylic oxidation sites excluding steroid dienone is 3. The van der Waals surface area contributed by atoms with Crippen LogP contribution >= 0.6 is 24.0 Å². The van der Waals surface area contributed by atoms with E-state index in [-0.39, 0.29) is 17.9 Å². The minimum Gasteiger partial charge on any atom is -0.345 e. The number of para-hydroxylation sites is 1. The van der Waals surface area contributed by atoms with E-state index >= 15 is 0 Å². The lowest BCUT2D eigenvalue weighted by molar-refractivity contribution is -0.118. The first kappa shape index (κ1) is 22.4. The molecule has 1 heterocycles. The Morgan fingerprint density at radius 1 is 1.32 bits per heavy atom. The number of carbonyl (C=O) groups is 2. The number of thioether (sulfide) groups is 1. The summed E-state index contributed by atoms with van der Waals surface area (Å²) in [7, 11) is 0. The molecule has 0 saturated carbocycles. The number of amides is 1. The van der Waals surface area contributed by atoms with Crippen molar-refractivity contribution in [1.29, 1.82) is 0 Å². The number of nitrogens with one attached hydrogen (secondary N) is 1. The van der Waals surface area contributed by atoms with Crippen molar-refractivity contribution in [2.45, 2.75) is 39.5 Å². The molecular formula is C22H28N2O2S2. The van der Waals surface area contributed by atoms with Crippen LogP contribution in [0.15, 0.2) is 47.0 Å². The topological polar surface area (TPSA) is 49.4 Å². The SMILES string of the molecule is CC(C)CCN1/C(=C/C=C(\SC=S)C(=O)NCC=O)C(C)(C)c2ccccc21. The zero-order chi connectivity index (χ0) is 20.7. The van der Waals surface area contributed by atoms with Crippen LogP contribution in [0, 0.1) is 5.92 Å². The van der Waals surface area contributed by atoms with Gasteiger partial charge in [-0.05, 0) is 36.1 Å². The van der Waals surface area contributed by atoms with Gasteiger partial charge in [0.05, 0.1) is 11.4 Å². The minimum atomic E-state index is -0.294. The second-order valence-electron chi connectivity index (χ2n) is 7.65. The summed E-state index contributed by atoms with van der Waals surface area (Å²) in [6.07, 6.45) is 5.56. The molecule has 1 aromatic rings. The number of hydrogen-bond acceptors (Lipinski definition) is 5. The summed E-state index contributed by atoms with van der Waals surface area (Å²) in [5.74, 6) is 0.305. The molecule has 0 bridgehead atoms. The van der Waals surface area contributed by atoms with Gasteiger partial charge in [0, 0.05) is 28.0 Å². The highest BCUT2D eigenvalue weighted by Crippen LogP contribution is 2.47. The predicted molar refractivity (Wildman–Crippen MR) is 123 cm³/mol. The van der Waals surface area contributed by atoms with Gasteiger partial charge in [0.15, 0.2) is 0 Å². The van der Waals surface area contributed by atoms with Gasteiger partial charge in [-0.15, -0.1) is 0 Å². The third kappa shape index (κ3) is 5.11. The third-order valence-electron chi connectivity index (χ3n) is 4.87. The first-order valence-electron chi connectivity index (χ1n) is 9.44. The second kappa shape index (κ2) is 10.0. The molecule has 1 aliphatic rings. The quantitative estimate of drug-likeness (QED) is 0.362. The Morgan fingerprint density at radius 2 is 2.04 bits per heavy atom. The molecule has 1 N–H and O–H groups in total. The van der Waals surface area contributed by atoms with Gasteiger partial charge in [-0.2, -0.15) is 0 Å². The Labute approximate surface area is 177 Å². The Hall–Kier alpha value is -1.92. The van der Waals surface area contributed by atoms with Crippen LogP contribution in [0.25, 0.3) is 0 Å². The molecule has 150 valence electrons. The van der Waals surface area contributed by atoms with Crippen LogP contribution in [0.5, 0.6) is 0 Å². The van der Waals surface area contributed by atoms with Crippen LogP contribution in [0.4, 0.5) is 5.69 Å². The Morgan fingerprint density at radius 3 is 2.68 bits per heavy atom. The molecule has 0 unspecified atom stereocenters. The predicted octanol–water partition coefficient (Wildman–Crippen LogP) is 4.60. The molecule has 0 aromatic heterocycles. The second-order valence-corrected chi connectivity index (χ2v) is 9.10. The van der Waals surface area contributed by atoms with Crippen molar-refractivity contribution < 1.29 is 9.59 Å². The van der Waals surface area contributed by atoms with Crippen molar-refractivity contribution in [1.82, 2.24) is 5.32 Å². The van der Waals surface area contributed by atoms with E-state index in [4.69, 9.17) is 12.2 Å². The summed E-state index contributed by atoms with van der Waals surface area (Å²) < 4.78 is 1.45. The van der Waals surface area contributed by atoms with Crippen molar-refractivity contribution in [2.75, 3.05) is 18.0 Å². The van der Waals surface area contributed by atoms with E-state index in [1.165, 1.54) is 27.7 Å². The van der Waals surface area contributed by atoms with E-state index in [9.17, 15) is 9.59 Å². The number of rotatable bonds is 9. The summed E-state index contributed by atoms with van der Waals surface area (Å²) in [4.78, 5) is 25.7. The molecule has 0 spiro atoms. The number of aldehydes is 1. The maximum Gasteiger partial charge on any atom is 0.258 e. The molecule has 1 amide bonds. The smallest absolute Gasteiger partial charge is 0.258 e. The molecular weight excluding hydrogens is 388 g/mol. The van der Waals surface area contributed by atoms with Crippen LogP contribution in [0.3, 0.4) is 0 Å². The highest BCUT2D eigenvalue weighted by molar-refractivity contribution is 8.23. The number of thiocarbonyl (C=S) groups is 1. The molecule has 0 fully saturated rings. The van der Waals surface area contributed by atoms with Crippen LogP contribution in [-0.4, -0.2) is 30.0 Å². The normalized spacial score (nSPS) is 17.0. The number of anilines is 1. The maximum atomic E-state index is 12.3. The Balaban J connectivity index is 2.44. The minimum absolute atomic E-state index is 0.0117. The molecule has 0 aliphatic carbocycles. The molecule has 0 saturated heterocycles. The molecule has 0 radical (unpaired) electrons. The Bertz CT molecular complexity index is 797. The summed E-state index contributed by atoms with van der Waals surface area (Å²) in [6.45, 7) is 9.77. The number of nitrogens with zero attached hydrogens (tertiary/aromatic N) is 1. The molecule has 1 aromatic carbocycles. The van der Waals surface area contributed by atoms with E-state index in [2.05, 4.69) is 62.2 Å². The zero-order valence-corrected chi connectivity index (χ0v) is 18.5. The standard InChI is InChI=1S/C22H28N2O2S2/c1-16(2)11-13-24-18-8-6-5-7-17(18)22(3,4)20(24)10-9-19(28-15-27)21(26)23-12-14-25/h5-10,14-16H,11-13H2,1-4H3,(H,23,26)/b19-9-,20-10+. The van der Waals surface area contributed by atoms with Gasteiger partial charge in [-0.25, -0.2) is 0 Å². The average Bonchev–Trinajstić information content (AvgIpc) is 2.88. The van der Waals surface area contributed by atoms with Crippen molar-refractivity contribution in [3.05, 3.63) is 52.6 Å². The summed E-state index contributed by atoms with van der Waals surface area (Å²) in [5, 5.41) is 2.58. The van der Waals surface area contributed by atoms with Gasteiger partial charge in [0.1, 0.15) is 6.29 Å². The van der Waals surface area contributed by atoms with Crippen LogP contribution in [0.1, 0.15) is 39.7 Å². The van der Waals surface area contributed by atoms with Crippen molar-refractivity contribution in [3.63, 3.8) is 0 Å². The zero-order valence-electron chi connectivity index (χ0n) is 16.9. The molecule has 28 heavy (non-hydrogen) atoms. The highest BCUT2D eigenvalue weighted by atomic mass is 32.2. The lowest BCUT2D eigenvalue weighted by Gasteiger charge is -2.27. The Kier molecular flexibility index (Phi) is 8.01. The van der Waals surface area contributed by atoms with Gasteiger partial charge in [-0.1, -0.05) is 69.9 Å². The molecule has 1 aliphatic heterocycles. The summed E-state index contributed by atoms with van der Waals surface area (Å²) >= 11 is 6.10. The van der Waals surface area contributed by atoms with E-state index in [1.807, 2.05) is 6.08 Å².